The number of aromatic nitrogens is 1. The van der Waals surface area contributed by atoms with Crippen molar-refractivity contribution in [3.63, 3.8) is 0 Å². The molecular formula is C15H22N2O2. The second-order valence-electron chi connectivity index (χ2n) is 4.91. The second-order valence-corrected chi connectivity index (χ2v) is 4.91. The number of hydrogen-bond acceptors (Lipinski definition) is 3. The van der Waals surface area contributed by atoms with Crippen LogP contribution in [0.15, 0.2) is 24.5 Å². The molecule has 1 aromatic rings. The van der Waals surface area contributed by atoms with Gasteiger partial charge in [0, 0.05) is 37.2 Å². The summed E-state index contributed by atoms with van der Waals surface area (Å²) in [5.74, 6) is 0.308. The molecule has 2 rings (SSSR count). The highest BCUT2D eigenvalue weighted by molar-refractivity contribution is 5.94. The maximum Gasteiger partial charge on any atom is 0.230 e. The van der Waals surface area contributed by atoms with E-state index in [1.54, 1.807) is 12.4 Å². The molecule has 4 nitrogen and oxygen atoms in total. The van der Waals surface area contributed by atoms with Gasteiger partial charge in [-0.3, -0.25) is 9.78 Å². The summed E-state index contributed by atoms with van der Waals surface area (Å²) in [6, 6.07) is 3.77. The molecule has 1 aromatic heterocycles. The number of anilines is 1. The van der Waals surface area contributed by atoms with Crippen molar-refractivity contribution in [2.45, 2.75) is 39.2 Å². The lowest BCUT2D eigenvalue weighted by molar-refractivity contribution is -0.127. The number of carbonyl (C=O) groups is 1. The fourth-order valence-corrected chi connectivity index (χ4v) is 2.60. The van der Waals surface area contributed by atoms with Crippen molar-refractivity contribution >= 4 is 11.6 Å². The Morgan fingerprint density at radius 3 is 2.79 bits per heavy atom. The van der Waals surface area contributed by atoms with Crippen LogP contribution >= 0.6 is 0 Å². The van der Waals surface area contributed by atoms with Gasteiger partial charge in [-0.15, -0.1) is 0 Å². The van der Waals surface area contributed by atoms with Gasteiger partial charge >= 0.3 is 0 Å². The fourth-order valence-electron chi connectivity index (χ4n) is 2.60. The molecule has 1 amide bonds. The zero-order chi connectivity index (χ0) is 13.7. The topological polar surface area (TPSA) is 42.4 Å². The van der Waals surface area contributed by atoms with Crippen LogP contribution in [0.1, 0.15) is 33.1 Å². The maximum absolute atomic E-state index is 12.6. The summed E-state index contributed by atoms with van der Waals surface area (Å²) in [5.41, 5.74) is 0.932. The van der Waals surface area contributed by atoms with Crippen LogP contribution in [0, 0.1) is 5.92 Å². The summed E-state index contributed by atoms with van der Waals surface area (Å²) in [7, 11) is 0. The molecule has 1 saturated heterocycles. The number of rotatable bonds is 4. The summed E-state index contributed by atoms with van der Waals surface area (Å²) in [6.07, 6.45) is 6.34. The molecule has 0 aromatic carbocycles. The Hall–Kier alpha value is -1.42. The molecule has 1 aliphatic rings. The highest BCUT2D eigenvalue weighted by Crippen LogP contribution is 2.26. The highest BCUT2D eigenvalue weighted by atomic mass is 16.5. The summed E-state index contributed by atoms with van der Waals surface area (Å²) < 4.78 is 5.65. The lowest BCUT2D eigenvalue weighted by atomic mass is 9.93. The Balaban J connectivity index is 2.08. The van der Waals surface area contributed by atoms with Crippen molar-refractivity contribution in [2.24, 2.45) is 5.92 Å². The lowest BCUT2D eigenvalue weighted by Crippen LogP contribution is -2.40. The van der Waals surface area contributed by atoms with Crippen LogP contribution in [0.4, 0.5) is 5.69 Å². The first-order chi connectivity index (χ1) is 9.26. The maximum atomic E-state index is 12.6. The SMILES string of the molecule is CCC1CC(C(=O)N(CC)c2ccncc2)CCO1. The Kier molecular flexibility index (Phi) is 4.91. The Morgan fingerprint density at radius 1 is 1.42 bits per heavy atom. The first-order valence-corrected chi connectivity index (χ1v) is 7.09. The van der Waals surface area contributed by atoms with Gasteiger partial charge in [0.1, 0.15) is 0 Å². The molecule has 2 heterocycles. The fraction of sp³-hybridized carbons (Fsp3) is 0.600. The molecule has 1 aliphatic heterocycles. The molecule has 0 bridgehead atoms. The van der Waals surface area contributed by atoms with Crippen LogP contribution in [-0.4, -0.2) is 30.1 Å². The minimum atomic E-state index is 0.0896. The minimum absolute atomic E-state index is 0.0896. The highest BCUT2D eigenvalue weighted by Gasteiger charge is 2.30. The van der Waals surface area contributed by atoms with Gasteiger partial charge < -0.3 is 9.64 Å². The Morgan fingerprint density at radius 2 is 2.16 bits per heavy atom. The van der Waals surface area contributed by atoms with Gasteiger partial charge in [0.05, 0.1) is 6.10 Å². The van der Waals surface area contributed by atoms with Crippen molar-refractivity contribution in [1.29, 1.82) is 0 Å². The molecule has 19 heavy (non-hydrogen) atoms. The van der Waals surface area contributed by atoms with Gasteiger partial charge in [-0.05, 0) is 38.3 Å². The molecule has 0 spiro atoms. The molecule has 1 fully saturated rings. The quantitative estimate of drug-likeness (QED) is 0.837. The standard InChI is InChI=1S/C15H22N2O2/c1-3-14-11-12(7-10-19-14)15(18)17(4-2)13-5-8-16-9-6-13/h5-6,8-9,12,14H,3-4,7,10-11H2,1-2H3. The minimum Gasteiger partial charge on any atom is -0.378 e. The molecule has 0 saturated carbocycles. The Bertz CT molecular complexity index is 408. The van der Waals surface area contributed by atoms with E-state index in [0.717, 1.165) is 24.9 Å². The van der Waals surface area contributed by atoms with Crippen LogP contribution in [0.25, 0.3) is 0 Å². The van der Waals surface area contributed by atoms with E-state index in [0.29, 0.717) is 13.2 Å². The van der Waals surface area contributed by atoms with E-state index in [-0.39, 0.29) is 17.9 Å². The average Bonchev–Trinajstić information content (AvgIpc) is 2.49. The lowest BCUT2D eigenvalue weighted by Gasteiger charge is -2.32. The zero-order valence-electron chi connectivity index (χ0n) is 11.7. The van der Waals surface area contributed by atoms with Gasteiger partial charge in [0.15, 0.2) is 0 Å². The van der Waals surface area contributed by atoms with Crippen LogP contribution < -0.4 is 4.90 Å². The molecule has 104 valence electrons. The van der Waals surface area contributed by atoms with E-state index in [4.69, 9.17) is 4.74 Å². The van der Waals surface area contributed by atoms with Crippen molar-refractivity contribution in [1.82, 2.24) is 4.98 Å². The summed E-state index contributed by atoms with van der Waals surface area (Å²) in [4.78, 5) is 18.5. The van der Waals surface area contributed by atoms with Crippen molar-refractivity contribution in [2.75, 3.05) is 18.1 Å². The van der Waals surface area contributed by atoms with Crippen molar-refractivity contribution in [3.05, 3.63) is 24.5 Å². The number of pyridine rings is 1. The number of carbonyl (C=O) groups excluding carboxylic acids is 1. The molecule has 0 aliphatic carbocycles. The Labute approximate surface area is 114 Å². The van der Waals surface area contributed by atoms with Gasteiger partial charge in [-0.25, -0.2) is 0 Å². The van der Waals surface area contributed by atoms with E-state index in [1.165, 1.54) is 0 Å². The summed E-state index contributed by atoms with van der Waals surface area (Å²) >= 11 is 0. The smallest absolute Gasteiger partial charge is 0.230 e. The van der Waals surface area contributed by atoms with Gasteiger partial charge in [0.25, 0.3) is 0 Å². The largest absolute Gasteiger partial charge is 0.378 e. The molecule has 4 heteroatoms. The third-order valence-corrected chi connectivity index (χ3v) is 3.73. The molecule has 2 atom stereocenters. The van der Waals surface area contributed by atoms with E-state index < -0.39 is 0 Å². The van der Waals surface area contributed by atoms with E-state index in [9.17, 15) is 4.79 Å². The first-order valence-electron chi connectivity index (χ1n) is 7.09. The second kappa shape index (κ2) is 6.66. The first kappa shape index (κ1) is 14.0. The number of ether oxygens (including phenoxy) is 1. The number of hydrogen-bond donors (Lipinski definition) is 0. The van der Waals surface area contributed by atoms with E-state index in [2.05, 4.69) is 11.9 Å². The molecule has 0 N–H and O–H groups in total. The predicted molar refractivity (Wildman–Crippen MR) is 75.0 cm³/mol. The van der Waals surface area contributed by atoms with Gasteiger partial charge in [-0.2, -0.15) is 0 Å². The van der Waals surface area contributed by atoms with Crippen LogP contribution in [0.2, 0.25) is 0 Å². The predicted octanol–water partition coefficient (Wildman–Crippen LogP) is 2.64. The van der Waals surface area contributed by atoms with Crippen LogP contribution in [0.5, 0.6) is 0 Å². The third kappa shape index (κ3) is 3.32. The monoisotopic (exact) mass is 262 g/mol. The van der Waals surface area contributed by atoms with Gasteiger partial charge in [-0.1, -0.05) is 6.92 Å². The van der Waals surface area contributed by atoms with E-state index in [1.807, 2.05) is 24.0 Å². The zero-order valence-corrected chi connectivity index (χ0v) is 11.7. The summed E-state index contributed by atoms with van der Waals surface area (Å²) in [5, 5.41) is 0. The van der Waals surface area contributed by atoms with Crippen LogP contribution in [0.3, 0.4) is 0 Å². The summed E-state index contributed by atoms with van der Waals surface area (Å²) in [6.45, 7) is 5.51. The number of amides is 1. The third-order valence-electron chi connectivity index (χ3n) is 3.73. The van der Waals surface area contributed by atoms with Crippen LogP contribution in [-0.2, 0) is 9.53 Å². The average molecular weight is 262 g/mol. The molecule has 0 radical (unpaired) electrons. The molecule has 2 unspecified atom stereocenters. The van der Waals surface area contributed by atoms with Crippen molar-refractivity contribution in [3.8, 4) is 0 Å². The molecular weight excluding hydrogens is 240 g/mol. The normalized spacial score (nSPS) is 23.1. The number of nitrogens with zero attached hydrogens (tertiary/aromatic N) is 2. The van der Waals surface area contributed by atoms with E-state index >= 15 is 0 Å². The van der Waals surface area contributed by atoms with Crippen molar-refractivity contribution < 1.29 is 9.53 Å². The van der Waals surface area contributed by atoms with Gasteiger partial charge in [0.2, 0.25) is 5.91 Å².